The number of aryl methyl sites for hydroxylation is 1. The third-order valence-corrected chi connectivity index (χ3v) is 6.64. The molecule has 6 nitrogen and oxygen atoms in total. The summed E-state index contributed by atoms with van der Waals surface area (Å²) in [6.45, 7) is 2.90. The summed E-state index contributed by atoms with van der Waals surface area (Å²) in [7, 11) is 1.57. The first-order valence-electron chi connectivity index (χ1n) is 11.8. The van der Waals surface area contributed by atoms with Crippen molar-refractivity contribution in [2.24, 2.45) is 0 Å². The lowest BCUT2D eigenvalue weighted by molar-refractivity contribution is -0.137. The molecular weight excluding hydrogens is 469 g/mol. The molecular formula is C27H27F3N4O2. The normalized spacial score (nSPS) is 16.3. The highest BCUT2D eigenvalue weighted by molar-refractivity contribution is 5.83. The molecule has 0 aliphatic carbocycles. The number of rotatable bonds is 6. The van der Waals surface area contributed by atoms with E-state index < -0.39 is 11.7 Å². The van der Waals surface area contributed by atoms with Crippen molar-refractivity contribution in [1.82, 2.24) is 14.6 Å². The molecule has 2 aromatic carbocycles. The van der Waals surface area contributed by atoms with Crippen LogP contribution in [0.1, 0.15) is 29.7 Å². The maximum Gasteiger partial charge on any atom is 0.416 e. The van der Waals surface area contributed by atoms with Gasteiger partial charge in [0.05, 0.1) is 41.8 Å². The van der Waals surface area contributed by atoms with Crippen molar-refractivity contribution in [2.45, 2.75) is 38.6 Å². The highest BCUT2D eigenvalue weighted by Crippen LogP contribution is 2.37. The van der Waals surface area contributed by atoms with Gasteiger partial charge in [-0.15, -0.1) is 0 Å². The van der Waals surface area contributed by atoms with E-state index in [2.05, 4.69) is 0 Å². The summed E-state index contributed by atoms with van der Waals surface area (Å²) in [4.78, 5) is 6.98. The monoisotopic (exact) mass is 496 g/mol. The Balaban J connectivity index is 1.80. The predicted molar refractivity (Wildman–Crippen MR) is 132 cm³/mol. The number of halogens is 3. The smallest absolute Gasteiger partial charge is 0.394 e. The van der Waals surface area contributed by atoms with Gasteiger partial charge in [0.15, 0.2) is 5.65 Å². The number of methoxy groups -OCH3 is 1. The van der Waals surface area contributed by atoms with Crippen LogP contribution in [-0.4, -0.2) is 46.0 Å². The number of alkyl halides is 3. The van der Waals surface area contributed by atoms with Crippen molar-refractivity contribution in [3.8, 4) is 22.4 Å². The number of fused-ring (bicyclic) bond motifs is 1. The molecule has 0 unspecified atom stereocenters. The molecule has 1 N–H and O–H groups in total. The zero-order chi connectivity index (χ0) is 25.4. The number of anilines is 1. The zero-order valence-electron chi connectivity index (χ0n) is 20.1. The first-order chi connectivity index (χ1) is 17.3. The van der Waals surface area contributed by atoms with Gasteiger partial charge in [-0.1, -0.05) is 42.0 Å². The number of aliphatic hydroxyl groups is 1. The van der Waals surface area contributed by atoms with Gasteiger partial charge in [-0.25, -0.2) is 9.50 Å². The molecule has 0 bridgehead atoms. The van der Waals surface area contributed by atoms with Crippen LogP contribution in [0.2, 0.25) is 0 Å². The molecule has 1 aliphatic heterocycles. The second-order valence-electron chi connectivity index (χ2n) is 9.11. The average molecular weight is 497 g/mol. The fraction of sp³-hybridized carbons (Fsp3) is 0.333. The van der Waals surface area contributed by atoms with Crippen LogP contribution in [0.5, 0.6) is 0 Å². The minimum absolute atomic E-state index is 0.0231. The number of ether oxygens (including phenoxy) is 1. The van der Waals surface area contributed by atoms with Crippen LogP contribution >= 0.6 is 0 Å². The molecule has 5 rings (SSSR count). The van der Waals surface area contributed by atoms with E-state index in [4.69, 9.17) is 14.8 Å². The zero-order valence-corrected chi connectivity index (χ0v) is 20.1. The largest absolute Gasteiger partial charge is 0.416 e. The Kier molecular flexibility index (Phi) is 6.44. The topological polar surface area (TPSA) is 62.9 Å². The van der Waals surface area contributed by atoms with Gasteiger partial charge in [0.25, 0.3) is 0 Å². The van der Waals surface area contributed by atoms with Crippen molar-refractivity contribution >= 4 is 11.5 Å². The lowest BCUT2D eigenvalue weighted by atomic mass is 10.0. The Bertz CT molecular complexity index is 1380. The lowest BCUT2D eigenvalue weighted by Gasteiger charge is -2.25. The fourth-order valence-electron chi connectivity index (χ4n) is 4.84. The summed E-state index contributed by atoms with van der Waals surface area (Å²) in [5, 5.41) is 14.7. The fourth-order valence-corrected chi connectivity index (χ4v) is 4.84. The van der Waals surface area contributed by atoms with Gasteiger partial charge in [-0.05, 0) is 37.5 Å². The number of aliphatic hydroxyl groups excluding tert-OH is 1. The van der Waals surface area contributed by atoms with Crippen molar-refractivity contribution in [2.75, 3.05) is 25.2 Å². The molecule has 0 spiro atoms. The maximum absolute atomic E-state index is 13.6. The SMILES string of the molecule is COCc1nn2c(-c3cccc(C(F)(F)F)c3)cc(N3CCC[C@H]3CO)nc2c1-c1ccc(C)cc1. The third kappa shape index (κ3) is 4.44. The van der Waals surface area contributed by atoms with E-state index in [-0.39, 0.29) is 19.3 Å². The van der Waals surface area contributed by atoms with Crippen molar-refractivity contribution < 1.29 is 23.0 Å². The van der Waals surface area contributed by atoms with Crippen LogP contribution in [0.25, 0.3) is 28.0 Å². The summed E-state index contributed by atoms with van der Waals surface area (Å²) in [6, 6.07) is 14.9. The molecule has 0 amide bonds. The number of nitrogens with zero attached hydrogens (tertiary/aromatic N) is 4. The van der Waals surface area contributed by atoms with E-state index in [9.17, 15) is 18.3 Å². The van der Waals surface area contributed by atoms with Crippen molar-refractivity contribution in [3.63, 3.8) is 0 Å². The molecule has 0 saturated carbocycles. The molecule has 1 fully saturated rings. The van der Waals surface area contributed by atoms with Crippen LogP contribution in [0.4, 0.5) is 19.0 Å². The Labute approximate surface area is 207 Å². The minimum Gasteiger partial charge on any atom is -0.394 e. The Morgan fingerprint density at radius 2 is 1.86 bits per heavy atom. The molecule has 2 aromatic heterocycles. The summed E-state index contributed by atoms with van der Waals surface area (Å²) in [6.07, 6.45) is -2.75. The Morgan fingerprint density at radius 3 is 2.56 bits per heavy atom. The summed E-state index contributed by atoms with van der Waals surface area (Å²) in [5.74, 6) is 0.601. The van der Waals surface area contributed by atoms with Crippen LogP contribution in [0, 0.1) is 6.92 Å². The lowest BCUT2D eigenvalue weighted by Crippen LogP contribution is -2.32. The van der Waals surface area contributed by atoms with Gasteiger partial charge in [0.1, 0.15) is 5.82 Å². The van der Waals surface area contributed by atoms with Gasteiger partial charge in [0.2, 0.25) is 0 Å². The number of hydrogen-bond donors (Lipinski definition) is 1. The number of hydrogen-bond acceptors (Lipinski definition) is 5. The maximum atomic E-state index is 13.6. The average Bonchev–Trinajstić information content (AvgIpc) is 3.48. The van der Waals surface area contributed by atoms with E-state index in [0.29, 0.717) is 35.0 Å². The van der Waals surface area contributed by atoms with Gasteiger partial charge in [-0.3, -0.25) is 0 Å². The summed E-state index contributed by atoms with van der Waals surface area (Å²) in [5.41, 5.74) is 4.06. The first kappa shape index (κ1) is 24.3. The molecule has 36 heavy (non-hydrogen) atoms. The van der Waals surface area contributed by atoms with Crippen LogP contribution < -0.4 is 4.90 Å². The van der Waals surface area contributed by atoms with E-state index >= 15 is 0 Å². The number of aromatic nitrogens is 3. The third-order valence-electron chi connectivity index (χ3n) is 6.64. The molecule has 3 heterocycles. The van der Waals surface area contributed by atoms with Crippen LogP contribution in [0.15, 0.2) is 54.6 Å². The molecule has 4 aromatic rings. The van der Waals surface area contributed by atoms with Crippen LogP contribution in [0.3, 0.4) is 0 Å². The van der Waals surface area contributed by atoms with Gasteiger partial charge in [0, 0.05) is 25.3 Å². The predicted octanol–water partition coefficient (Wildman–Crippen LogP) is 5.50. The van der Waals surface area contributed by atoms with Crippen LogP contribution in [-0.2, 0) is 17.5 Å². The van der Waals surface area contributed by atoms with E-state index in [1.807, 2.05) is 36.1 Å². The van der Waals surface area contributed by atoms with E-state index in [0.717, 1.165) is 41.7 Å². The van der Waals surface area contributed by atoms with Gasteiger partial charge < -0.3 is 14.7 Å². The molecule has 188 valence electrons. The van der Waals surface area contributed by atoms with Gasteiger partial charge in [-0.2, -0.15) is 18.3 Å². The highest BCUT2D eigenvalue weighted by atomic mass is 19.4. The standard InChI is InChI=1S/C27H27F3N4O2/c1-17-8-10-18(11-9-17)25-22(16-36-2)32-34-23(19-5-3-6-20(13-19)27(28,29)30)14-24(31-26(25)34)33-12-4-7-21(33)15-35/h3,5-6,8-11,13-14,21,35H,4,7,12,15-16H2,1-2H3/t21-/m0/s1. The summed E-state index contributed by atoms with van der Waals surface area (Å²) >= 11 is 0. The second-order valence-corrected chi connectivity index (χ2v) is 9.11. The Hall–Kier alpha value is -3.43. The van der Waals surface area contributed by atoms with Crippen molar-refractivity contribution in [3.05, 3.63) is 71.4 Å². The first-order valence-corrected chi connectivity index (χ1v) is 11.8. The number of benzene rings is 2. The molecule has 9 heteroatoms. The molecule has 1 aliphatic rings. The molecule has 1 saturated heterocycles. The molecule has 0 radical (unpaired) electrons. The highest BCUT2D eigenvalue weighted by Gasteiger charge is 2.32. The minimum atomic E-state index is -4.47. The molecule has 1 atom stereocenters. The summed E-state index contributed by atoms with van der Waals surface area (Å²) < 4.78 is 47.7. The van der Waals surface area contributed by atoms with Gasteiger partial charge >= 0.3 is 6.18 Å². The second kappa shape index (κ2) is 9.55. The van der Waals surface area contributed by atoms with E-state index in [1.165, 1.54) is 6.07 Å². The Morgan fingerprint density at radius 1 is 1.08 bits per heavy atom. The van der Waals surface area contributed by atoms with E-state index in [1.54, 1.807) is 23.8 Å². The van der Waals surface area contributed by atoms with Crippen molar-refractivity contribution in [1.29, 1.82) is 0 Å². The quantitative estimate of drug-likeness (QED) is 0.382.